The summed E-state index contributed by atoms with van der Waals surface area (Å²) in [5, 5.41) is 14.1. The third-order valence-electron chi connectivity index (χ3n) is 2.76. The van der Waals surface area contributed by atoms with Crippen molar-refractivity contribution in [2.75, 3.05) is 19.8 Å². The van der Waals surface area contributed by atoms with E-state index in [9.17, 15) is 9.59 Å². The Bertz CT molecular complexity index is 311. The van der Waals surface area contributed by atoms with E-state index in [0.717, 1.165) is 6.42 Å². The summed E-state index contributed by atoms with van der Waals surface area (Å²) in [5.41, 5.74) is -0.545. The van der Waals surface area contributed by atoms with Crippen molar-refractivity contribution in [2.24, 2.45) is 11.3 Å². The van der Waals surface area contributed by atoms with Crippen molar-refractivity contribution in [2.45, 2.75) is 47.1 Å². The predicted octanol–water partition coefficient (Wildman–Crippen LogP) is 1.85. The van der Waals surface area contributed by atoms with E-state index in [0.29, 0.717) is 25.7 Å². The standard InChI is InChI=1S/C14H28N2O4/c1-10(2)6-8-20-9-7-15-13(19)16-11(12(17)18)14(3,4)5/h10-11H,6-9H2,1-5H3,(H,17,18)(H2,15,16,19). The number of carbonyl (C=O) groups excluding carboxylic acids is 1. The fourth-order valence-electron chi connectivity index (χ4n) is 1.49. The molecule has 6 heteroatoms. The Kier molecular flexibility index (Phi) is 8.22. The summed E-state index contributed by atoms with van der Waals surface area (Å²) in [7, 11) is 0. The van der Waals surface area contributed by atoms with E-state index in [2.05, 4.69) is 24.5 Å². The van der Waals surface area contributed by atoms with Crippen LogP contribution in [0.1, 0.15) is 41.0 Å². The zero-order chi connectivity index (χ0) is 15.8. The minimum Gasteiger partial charge on any atom is -0.480 e. The molecule has 0 radical (unpaired) electrons. The van der Waals surface area contributed by atoms with Crippen molar-refractivity contribution >= 4 is 12.0 Å². The number of hydrogen-bond acceptors (Lipinski definition) is 3. The van der Waals surface area contributed by atoms with Crippen molar-refractivity contribution in [3.8, 4) is 0 Å². The van der Waals surface area contributed by atoms with Crippen LogP contribution >= 0.6 is 0 Å². The minimum absolute atomic E-state index is 0.362. The van der Waals surface area contributed by atoms with Gasteiger partial charge >= 0.3 is 12.0 Å². The van der Waals surface area contributed by atoms with Gasteiger partial charge in [-0.15, -0.1) is 0 Å². The molecule has 2 amide bonds. The Morgan fingerprint density at radius 2 is 1.80 bits per heavy atom. The van der Waals surface area contributed by atoms with Crippen LogP contribution in [0.4, 0.5) is 4.79 Å². The number of urea groups is 1. The Morgan fingerprint density at radius 1 is 1.20 bits per heavy atom. The quantitative estimate of drug-likeness (QED) is 0.595. The van der Waals surface area contributed by atoms with E-state index in [4.69, 9.17) is 9.84 Å². The first-order valence-corrected chi connectivity index (χ1v) is 6.99. The van der Waals surface area contributed by atoms with Gasteiger partial charge in [0.05, 0.1) is 6.61 Å². The molecule has 3 N–H and O–H groups in total. The normalized spacial score (nSPS) is 13.1. The SMILES string of the molecule is CC(C)CCOCCNC(=O)NC(C(=O)O)C(C)(C)C. The van der Waals surface area contributed by atoms with Crippen LogP contribution in [0.15, 0.2) is 0 Å². The lowest BCUT2D eigenvalue weighted by Crippen LogP contribution is -2.52. The van der Waals surface area contributed by atoms with Gasteiger partial charge in [0.25, 0.3) is 0 Å². The average Bonchev–Trinajstić information content (AvgIpc) is 2.28. The van der Waals surface area contributed by atoms with E-state index >= 15 is 0 Å². The van der Waals surface area contributed by atoms with Gasteiger partial charge in [0.1, 0.15) is 6.04 Å². The van der Waals surface area contributed by atoms with E-state index in [1.807, 2.05) is 0 Å². The first-order chi connectivity index (χ1) is 9.14. The molecule has 118 valence electrons. The first kappa shape index (κ1) is 18.7. The summed E-state index contributed by atoms with van der Waals surface area (Å²) in [4.78, 5) is 22.7. The number of hydrogen-bond donors (Lipinski definition) is 3. The van der Waals surface area contributed by atoms with Gasteiger partial charge in [-0.3, -0.25) is 0 Å². The second-order valence-corrected chi connectivity index (χ2v) is 6.33. The highest BCUT2D eigenvalue weighted by Crippen LogP contribution is 2.19. The van der Waals surface area contributed by atoms with Gasteiger partial charge in [0, 0.05) is 13.2 Å². The van der Waals surface area contributed by atoms with Crippen LogP contribution in [0.2, 0.25) is 0 Å². The van der Waals surface area contributed by atoms with Crippen molar-refractivity contribution in [3.05, 3.63) is 0 Å². The maximum Gasteiger partial charge on any atom is 0.326 e. The molecule has 20 heavy (non-hydrogen) atoms. The molecule has 0 bridgehead atoms. The molecule has 0 aliphatic carbocycles. The lowest BCUT2D eigenvalue weighted by molar-refractivity contribution is -0.141. The first-order valence-electron chi connectivity index (χ1n) is 6.99. The molecule has 0 rings (SSSR count). The molecule has 0 aromatic rings. The van der Waals surface area contributed by atoms with Crippen LogP contribution in [-0.2, 0) is 9.53 Å². The molecule has 1 atom stereocenters. The molecule has 0 aliphatic rings. The van der Waals surface area contributed by atoms with Crippen LogP contribution in [0.25, 0.3) is 0 Å². The summed E-state index contributed by atoms with van der Waals surface area (Å²) < 4.78 is 5.36. The zero-order valence-electron chi connectivity index (χ0n) is 13.2. The highest BCUT2D eigenvalue weighted by molar-refractivity contribution is 5.83. The Balaban J connectivity index is 3.90. The topological polar surface area (TPSA) is 87.7 Å². The molecule has 0 aromatic heterocycles. The van der Waals surface area contributed by atoms with Crippen LogP contribution in [0.3, 0.4) is 0 Å². The summed E-state index contributed by atoms with van der Waals surface area (Å²) in [6, 6.07) is -1.41. The van der Waals surface area contributed by atoms with E-state index < -0.39 is 23.5 Å². The molecule has 0 aliphatic heterocycles. The van der Waals surface area contributed by atoms with Crippen molar-refractivity contribution in [3.63, 3.8) is 0 Å². The molecule has 0 fully saturated rings. The van der Waals surface area contributed by atoms with Gasteiger partial charge < -0.3 is 20.5 Å². The smallest absolute Gasteiger partial charge is 0.326 e. The molecule has 1 unspecified atom stereocenters. The molecule has 0 saturated carbocycles. The minimum atomic E-state index is -1.04. The van der Waals surface area contributed by atoms with E-state index in [-0.39, 0.29) is 0 Å². The number of nitrogens with one attached hydrogen (secondary N) is 2. The van der Waals surface area contributed by atoms with Gasteiger partial charge in [-0.25, -0.2) is 9.59 Å². The third-order valence-corrected chi connectivity index (χ3v) is 2.76. The second-order valence-electron chi connectivity index (χ2n) is 6.33. The Labute approximate surface area is 121 Å². The second kappa shape index (κ2) is 8.79. The third kappa shape index (κ3) is 8.74. The lowest BCUT2D eigenvalue weighted by Gasteiger charge is -2.27. The van der Waals surface area contributed by atoms with Crippen LogP contribution in [0.5, 0.6) is 0 Å². The summed E-state index contributed by atoms with van der Waals surface area (Å²) in [6.07, 6.45) is 0.983. The number of carboxylic acid groups (broad SMARTS) is 1. The fraction of sp³-hybridized carbons (Fsp3) is 0.857. The maximum absolute atomic E-state index is 11.6. The van der Waals surface area contributed by atoms with Crippen LogP contribution < -0.4 is 10.6 Å². The molecule has 0 heterocycles. The Morgan fingerprint density at radius 3 is 2.25 bits per heavy atom. The number of carbonyl (C=O) groups is 2. The van der Waals surface area contributed by atoms with E-state index in [1.54, 1.807) is 20.8 Å². The summed E-state index contributed by atoms with van der Waals surface area (Å²) >= 11 is 0. The highest BCUT2D eigenvalue weighted by Gasteiger charge is 2.32. The van der Waals surface area contributed by atoms with Crippen LogP contribution in [0, 0.1) is 11.3 Å². The highest BCUT2D eigenvalue weighted by atomic mass is 16.5. The fourth-order valence-corrected chi connectivity index (χ4v) is 1.49. The molecule has 0 aromatic carbocycles. The van der Waals surface area contributed by atoms with Crippen molar-refractivity contribution < 1.29 is 19.4 Å². The lowest BCUT2D eigenvalue weighted by atomic mass is 9.87. The van der Waals surface area contributed by atoms with Gasteiger partial charge in [-0.05, 0) is 17.8 Å². The number of aliphatic carboxylic acids is 1. The molecule has 6 nitrogen and oxygen atoms in total. The van der Waals surface area contributed by atoms with Gasteiger partial charge in [0.15, 0.2) is 0 Å². The average molecular weight is 288 g/mol. The zero-order valence-corrected chi connectivity index (χ0v) is 13.2. The maximum atomic E-state index is 11.6. The number of carboxylic acids is 1. The van der Waals surface area contributed by atoms with Gasteiger partial charge in [0.2, 0.25) is 0 Å². The van der Waals surface area contributed by atoms with Gasteiger partial charge in [-0.2, -0.15) is 0 Å². The van der Waals surface area contributed by atoms with Crippen molar-refractivity contribution in [1.29, 1.82) is 0 Å². The summed E-state index contributed by atoms with van der Waals surface area (Å²) in [5.74, 6) is -0.449. The Hall–Kier alpha value is -1.30. The number of ether oxygens (including phenoxy) is 1. The van der Waals surface area contributed by atoms with Gasteiger partial charge in [-0.1, -0.05) is 34.6 Å². The van der Waals surface area contributed by atoms with E-state index in [1.165, 1.54) is 0 Å². The number of rotatable bonds is 8. The molecular weight excluding hydrogens is 260 g/mol. The largest absolute Gasteiger partial charge is 0.480 e. The monoisotopic (exact) mass is 288 g/mol. The summed E-state index contributed by atoms with van der Waals surface area (Å²) in [6.45, 7) is 11.0. The number of amides is 2. The molecule has 0 saturated heterocycles. The van der Waals surface area contributed by atoms with Crippen LogP contribution in [-0.4, -0.2) is 42.9 Å². The molecular formula is C14H28N2O4. The predicted molar refractivity (Wildman–Crippen MR) is 77.7 cm³/mol. The van der Waals surface area contributed by atoms with Crippen molar-refractivity contribution in [1.82, 2.24) is 10.6 Å². The molecule has 0 spiro atoms.